The molecule has 0 aliphatic heterocycles. The van der Waals surface area contributed by atoms with E-state index in [2.05, 4.69) is 0 Å². The molecule has 0 saturated heterocycles. The van der Waals surface area contributed by atoms with Crippen molar-refractivity contribution in [1.29, 1.82) is 0 Å². The van der Waals surface area contributed by atoms with E-state index in [1.165, 1.54) is 12.1 Å². The molecule has 7 heteroatoms. The van der Waals surface area contributed by atoms with Gasteiger partial charge >= 0.3 is 5.97 Å². The van der Waals surface area contributed by atoms with Gasteiger partial charge in [-0.3, -0.25) is 4.79 Å². The second kappa shape index (κ2) is 12.4. The number of carbonyl (C=O) groups is 1. The van der Waals surface area contributed by atoms with Crippen LogP contribution < -0.4 is 10.5 Å². The minimum absolute atomic E-state index is 0. The summed E-state index contributed by atoms with van der Waals surface area (Å²) in [5.41, 5.74) is 5.92. The minimum Gasteiger partial charge on any atom is -0.486 e. The number of hydrogen-bond acceptors (Lipinski definition) is 4. The Hall–Kier alpha value is -1.04. The number of carbonyl (C=O) groups excluding carboxylic acids is 1. The van der Waals surface area contributed by atoms with Crippen LogP contribution in [0.5, 0.6) is 5.75 Å². The number of esters is 1. The fourth-order valence-corrected chi connectivity index (χ4v) is 3.24. The van der Waals surface area contributed by atoms with E-state index in [1.54, 1.807) is 13.0 Å². The Kier molecular flexibility index (Phi) is 11.9. The van der Waals surface area contributed by atoms with Crippen LogP contribution >= 0.6 is 24.0 Å². The monoisotopic (exact) mass is 423 g/mol. The van der Waals surface area contributed by atoms with Crippen molar-refractivity contribution in [3.63, 3.8) is 0 Å². The zero-order valence-electron chi connectivity index (χ0n) is 16.7. The summed E-state index contributed by atoms with van der Waals surface area (Å²) in [5.74, 6) is -0.154. The highest BCUT2D eigenvalue weighted by atomic mass is 35.5. The number of nitrogens with two attached hydrogens (primary N) is 1. The number of ether oxygens (including phenoxy) is 2. The van der Waals surface area contributed by atoms with Gasteiger partial charge in [0, 0.05) is 11.1 Å². The van der Waals surface area contributed by atoms with E-state index in [1.807, 2.05) is 27.7 Å². The van der Waals surface area contributed by atoms with Crippen molar-refractivity contribution in [3.8, 4) is 5.75 Å². The SMILES string of the molecule is CCC(CC)[C@H](Oc1cc(F)cc(Cl)c1)[C@H](C)OC(=O)[C@@H](N)CC(C)C.Cl. The standard InChI is InChI=1S/C20H31ClFNO3.ClH/c1-6-14(7-2)19(26-17-10-15(21)9-16(22)11-17)13(5)25-20(24)18(23)8-12(3)4;/h9-14,18-19H,6-8,23H2,1-5H3;1H/t13-,18-,19+;/m0./s1. The number of halogens is 3. The molecule has 0 unspecified atom stereocenters. The van der Waals surface area contributed by atoms with E-state index in [4.69, 9.17) is 26.8 Å². The first kappa shape index (κ1) is 26.0. The van der Waals surface area contributed by atoms with Crippen LogP contribution in [-0.4, -0.2) is 24.2 Å². The van der Waals surface area contributed by atoms with Crippen LogP contribution in [0.2, 0.25) is 5.02 Å². The van der Waals surface area contributed by atoms with Crippen LogP contribution in [0.1, 0.15) is 53.9 Å². The van der Waals surface area contributed by atoms with Gasteiger partial charge in [-0.25, -0.2) is 4.39 Å². The maximum absolute atomic E-state index is 13.6. The Morgan fingerprint density at radius 3 is 2.26 bits per heavy atom. The molecule has 27 heavy (non-hydrogen) atoms. The summed E-state index contributed by atoms with van der Waals surface area (Å²) >= 11 is 5.91. The van der Waals surface area contributed by atoms with E-state index < -0.39 is 30.0 Å². The molecule has 0 spiro atoms. The van der Waals surface area contributed by atoms with Crippen LogP contribution in [0.3, 0.4) is 0 Å². The maximum atomic E-state index is 13.6. The molecule has 0 aliphatic carbocycles. The Balaban J connectivity index is 0.00000676. The molecular formula is C20H32Cl2FNO3. The lowest BCUT2D eigenvalue weighted by Gasteiger charge is -2.31. The molecule has 2 N–H and O–H groups in total. The third-order valence-corrected chi connectivity index (χ3v) is 4.63. The van der Waals surface area contributed by atoms with Gasteiger partial charge in [0.15, 0.2) is 0 Å². The Morgan fingerprint density at radius 1 is 1.19 bits per heavy atom. The maximum Gasteiger partial charge on any atom is 0.323 e. The second-order valence-electron chi connectivity index (χ2n) is 7.14. The average molecular weight is 424 g/mol. The lowest BCUT2D eigenvalue weighted by Crippen LogP contribution is -2.43. The number of hydrogen-bond donors (Lipinski definition) is 1. The smallest absolute Gasteiger partial charge is 0.323 e. The molecule has 0 amide bonds. The summed E-state index contributed by atoms with van der Waals surface area (Å²) in [6, 6.07) is 3.39. The molecule has 0 aliphatic rings. The van der Waals surface area contributed by atoms with Gasteiger partial charge in [0.1, 0.15) is 29.8 Å². The fraction of sp³-hybridized carbons (Fsp3) is 0.650. The Labute approximate surface area is 173 Å². The summed E-state index contributed by atoms with van der Waals surface area (Å²) in [4.78, 5) is 12.3. The van der Waals surface area contributed by atoms with Gasteiger partial charge in [-0.2, -0.15) is 0 Å². The molecule has 1 aromatic rings. The molecule has 4 nitrogen and oxygen atoms in total. The highest BCUT2D eigenvalue weighted by Crippen LogP contribution is 2.27. The molecule has 156 valence electrons. The van der Waals surface area contributed by atoms with Crippen LogP contribution in [0.15, 0.2) is 18.2 Å². The third-order valence-electron chi connectivity index (χ3n) is 4.41. The van der Waals surface area contributed by atoms with Crippen LogP contribution in [-0.2, 0) is 9.53 Å². The highest BCUT2D eigenvalue weighted by molar-refractivity contribution is 6.30. The first-order valence-electron chi connectivity index (χ1n) is 9.26. The normalized spacial score (nSPS) is 14.4. The van der Waals surface area contributed by atoms with Gasteiger partial charge in [-0.05, 0) is 50.2 Å². The first-order chi connectivity index (χ1) is 12.2. The molecule has 1 rings (SSSR count). The van der Waals surface area contributed by atoms with Crippen molar-refractivity contribution in [1.82, 2.24) is 0 Å². The van der Waals surface area contributed by atoms with Gasteiger partial charge < -0.3 is 15.2 Å². The predicted molar refractivity (Wildman–Crippen MR) is 110 cm³/mol. The van der Waals surface area contributed by atoms with Crippen molar-refractivity contribution in [2.75, 3.05) is 0 Å². The largest absolute Gasteiger partial charge is 0.486 e. The first-order valence-corrected chi connectivity index (χ1v) is 9.64. The van der Waals surface area contributed by atoms with Gasteiger partial charge in [0.05, 0.1) is 0 Å². The molecule has 0 saturated carbocycles. The summed E-state index contributed by atoms with van der Waals surface area (Å²) in [5, 5.41) is 0.256. The van der Waals surface area contributed by atoms with E-state index in [9.17, 15) is 9.18 Å². The van der Waals surface area contributed by atoms with Gasteiger partial charge in [0.25, 0.3) is 0 Å². The molecule has 0 heterocycles. The Bertz CT molecular complexity index is 562. The quantitative estimate of drug-likeness (QED) is 0.512. The molecule has 0 radical (unpaired) electrons. The van der Waals surface area contributed by atoms with Crippen LogP contribution in [0.25, 0.3) is 0 Å². The van der Waals surface area contributed by atoms with E-state index in [-0.39, 0.29) is 23.3 Å². The van der Waals surface area contributed by atoms with E-state index in [0.717, 1.165) is 12.8 Å². The van der Waals surface area contributed by atoms with E-state index in [0.29, 0.717) is 18.1 Å². The molecule has 1 aromatic carbocycles. The van der Waals surface area contributed by atoms with Crippen molar-refractivity contribution in [2.24, 2.45) is 17.6 Å². The van der Waals surface area contributed by atoms with E-state index >= 15 is 0 Å². The number of benzene rings is 1. The zero-order valence-corrected chi connectivity index (χ0v) is 18.3. The Morgan fingerprint density at radius 2 is 1.78 bits per heavy atom. The third kappa shape index (κ3) is 8.67. The van der Waals surface area contributed by atoms with Crippen molar-refractivity contribution >= 4 is 30.0 Å². The summed E-state index contributed by atoms with van der Waals surface area (Å²) in [6.45, 7) is 9.87. The molecule has 0 bridgehead atoms. The predicted octanol–water partition coefficient (Wildman–Crippen LogP) is 5.39. The number of rotatable bonds is 10. The summed E-state index contributed by atoms with van der Waals surface area (Å²) in [7, 11) is 0. The fourth-order valence-electron chi connectivity index (χ4n) is 3.02. The lowest BCUT2D eigenvalue weighted by molar-refractivity contribution is -0.156. The van der Waals surface area contributed by atoms with Crippen LogP contribution in [0, 0.1) is 17.7 Å². The van der Waals surface area contributed by atoms with Gasteiger partial charge in [0.2, 0.25) is 0 Å². The average Bonchev–Trinajstić information content (AvgIpc) is 2.53. The second-order valence-corrected chi connectivity index (χ2v) is 7.58. The zero-order chi connectivity index (χ0) is 19.9. The lowest BCUT2D eigenvalue weighted by atomic mass is 9.93. The van der Waals surface area contributed by atoms with Gasteiger partial charge in [-0.15, -0.1) is 12.4 Å². The molecule has 0 aromatic heterocycles. The topological polar surface area (TPSA) is 61.5 Å². The summed E-state index contributed by atoms with van der Waals surface area (Å²) in [6.07, 6.45) is 1.29. The molecule has 3 atom stereocenters. The van der Waals surface area contributed by atoms with Gasteiger partial charge in [-0.1, -0.05) is 39.3 Å². The van der Waals surface area contributed by atoms with Crippen LogP contribution in [0.4, 0.5) is 4.39 Å². The minimum atomic E-state index is -0.664. The molecule has 0 fully saturated rings. The molecular weight excluding hydrogens is 392 g/mol. The van der Waals surface area contributed by atoms with Crippen molar-refractivity contribution in [3.05, 3.63) is 29.0 Å². The highest BCUT2D eigenvalue weighted by Gasteiger charge is 2.31. The van der Waals surface area contributed by atoms with Crippen molar-refractivity contribution in [2.45, 2.75) is 72.1 Å². The summed E-state index contributed by atoms with van der Waals surface area (Å²) < 4.78 is 25.2. The van der Waals surface area contributed by atoms with Crippen molar-refractivity contribution < 1.29 is 18.7 Å².